The van der Waals surface area contributed by atoms with Gasteiger partial charge < -0.3 is 29.9 Å². The molecule has 0 unspecified atom stereocenters. The zero-order chi connectivity index (χ0) is 21.8. The number of benzene rings is 1. The van der Waals surface area contributed by atoms with Gasteiger partial charge in [0.2, 0.25) is 12.2 Å². The van der Waals surface area contributed by atoms with Gasteiger partial charge >= 0.3 is 0 Å². The topological polar surface area (TPSA) is 117 Å². The summed E-state index contributed by atoms with van der Waals surface area (Å²) in [5.41, 5.74) is 4.18. The summed E-state index contributed by atoms with van der Waals surface area (Å²) in [5.74, 6) is 0.310. The van der Waals surface area contributed by atoms with Gasteiger partial charge in [0.05, 0.1) is 6.61 Å². The molecule has 2 heterocycles. The fourth-order valence-corrected chi connectivity index (χ4v) is 3.65. The van der Waals surface area contributed by atoms with Gasteiger partial charge in [-0.05, 0) is 30.9 Å². The first-order chi connectivity index (χ1) is 14.4. The van der Waals surface area contributed by atoms with E-state index in [0.29, 0.717) is 18.8 Å². The number of hydrogen-bond donors (Lipinski definition) is 4. The zero-order valence-electron chi connectivity index (χ0n) is 17.7. The quantitative estimate of drug-likeness (QED) is 0.502. The van der Waals surface area contributed by atoms with Crippen LogP contribution in [0.1, 0.15) is 42.7 Å². The minimum absolute atomic E-state index is 0.310. The fourth-order valence-electron chi connectivity index (χ4n) is 3.65. The van der Waals surface area contributed by atoms with E-state index in [2.05, 4.69) is 43.2 Å². The molecule has 1 aromatic carbocycles. The van der Waals surface area contributed by atoms with Gasteiger partial charge in [-0.2, -0.15) is 0 Å². The van der Waals surface area contributed by atoms with Crippen molar-refractivity contribution in [2.24, 2.45) is 0 Å². The van der Waals surface area contributed by atoms with Crippen molar-refractivity contribution in [3.05, 3.63) is 46.6 Å². The second-order valence-corrected chi connectivity index (χ2v) is 7.75. The van der Waals surface area contributed by atoms with Crippen molar-refractivity contribution in [1.29, 1.82) is 0 Å². The molecule has 8 nitrogen and oxygen atoms in total. The van der Waals surface area contributed by atoms with Crippen molar-refractivity contribution in [2.75, 3.05) is 6.61 Å². The summed E-state index contributed by atoms with van der Waals surface area (Å²) < 4.78 is 13.2. The zero-order valence-corrected chi connectivity index (χ0v) is 17.7. The van der Waals surface area contributed by atoms with Crippen LogP contribution in [0.25, 0.3) is 0 Å². The summed E-state index contributed by atoms with van der Waals surface area (Å²) in [7, 11) is 0. The standard InChI is InChI=1S/C22H32N2O6/c1-4-10-24-13(3)16(11-15-8-6-14(5-2)7-9-15)21(23-24)30-22-20(28)19(27)18(26)17(12-25)29-22/h6-9,17-20,22,25-28H,4-5,10-12H2,1-3H3/t17-,18-,19+,20-,22+/m1/s1. The van der Waals surface area contributed by atoms with Crippen LogP contribution in [0, 0.1) is 6.92 Å². The third kappa shape index (κ3) is 4.68. The molecule has 1 aliphatic heterocycles. The number of nitrogens with zero attached hydrogens (tertiary/aromatic N) is 2. The van der Waals surface area contributed by atoms with E-state index < -0.39 is 37.3 Å². The van der Waals surface area contributed by atoms with E-state index in [4.69, 9.17) is 9.47 Å². The first-order valence-corrected chi connectivity index (χ1v) is 10.5. The van der Waals surface area contributed by atoms with Gasteiger partial charge in [-0.15, -0.1) is 5.10 Å². The smallest absolute Gasteiger partial charge is 0.239 e. The van der Waals surface area contributed by atoms with Gasteiger partial charge in [0.15, 0.2) is 0 Å². The average molecular weight is 421 g/mol. The number of aryl methyl sites for hydroxylation is 2. The molecule has 8 heteroatoms. The monoisotopic (exact) mass is 420 g/mol. The van der Waals surface area contributed by atoms with Crippen LogP contribution in [0.5, 0.6) is 5.88 Å². The predicted molar refractivity (Wildman–Crippen MR) is 110 cm³/mol. The minimum Gasteiger partial charge on any atom is -0.443 e. The Morgan fingerprint density at radius 3 is 2.30 bits per heavy atom. The molecule has 1 aliphatic rings. The van der Waals surface area contributed by atoms with Gasteiger partial charge in [-0.25, -0.2) is 0 Å². The Morgan fingerprint density at radius 2 is 1.70 bits per heavy atom. The SMILES string of the molecule is CCCn1nc(O[C@@H]2O[C@H](CO)[C@@H](O)[C@H](O)[C@H]2O)c(Cc2ccc(CC)cc2)c1C. The second-order valence-electron chi connectivity index (χ2n) is 7.75. The molecule has 0 saturated carbocycles. The van der Waals surface area contributed by atoms with Crippen LogP contribution in [0.4, 0.5) is 0 Å². The molecule has 4 N–H and O–H groups in total. The summed E-state index contributed by atoms with van der Waals surface area (Å²) in [6.07, 6.45) is -4.23. The molecule has 1 saturated heterocycles. The third-order valence-electron chi connectivity index (χ3n) is 5.62. The molecule has 1 aromatic heterocycles. The molecule has 166 valence electrons. The number of aromatic nitrogens is 2. The highest BCUT2D eigenvalue weighted by Gasteiger charge is 2.45. The van der Waals surface area contributed by atoms with Crippen molar-refractivity contribution in [3.8, 4) is 5.88 Å². The second kappa shape index (κ2) is 9.89. The summed E-state index contributed by atoms with van der Waals surface area (Å²) >= 11 is 0. The number of aliphatic hydroxyl groups is 4. The number of rotatable bonds is 8. The lowest BCUT2D eigenvalue weighted by molar-refractivity contribution is -0.278. The van der Waals surface area contributed by atoms with Crippen LogP contribution in [0.15, 0.2) is 24.3 Å². The summed E-state index contributed by atoms with van der Waals surface area (Å²) in [4.78, 5) is 0. The van der Waals surface area contributed by atoms with Crippen LogP contribution < -0.4 is 4.74 Å². The third-order valence-corrected chi connectivity index (χ3v) is 5.62. The highest BCUT2D eigenvalue weighted by molar-refractivity contribution is 5.37. The molecule has 30 heavy (non-hydrogen) atoms. The van der Waals surface area contributed by atoms with E-state index in [1.807, 2.05) is 11.6 Å². The Hall–Kier alpha value is -1.97. The van der Waals surface area contributed by atoms with E-state index >= 15 is 0 Å². The minimum atomic E-state index is -1.50. The van der Waals surface area contributed by atoms with E-state index in [-0.39, 0.29) is 0 Å². The fraction of sp³-hybridized carbons (Fsp3) is 0.591. The molecular weight excluding hydrogens is 388 g/mol. The molecule has 0 amide bonds. The maximum atomic E-state index is 10.3. The lowest BCUT2D eigenvalue weighted by atomic mass is 9.99. The molecule has 3 rings (SSSR count). The van der Waals surface area contributed by atoms with E-state index in [0.717, 1.165) is 29.7 Å². The van der Waals surface area contributed by atoms with Crippen LogP contribution >= 0.6 is 0 Å². The van der Waals surface area contributed by atoms with E-state index in [1.54, 1.807) is 0 Å². The van der Waals surface area contributed by atoms with Gasteiger partial charge in [0, 0.05) is 24.2 Å². The van der Waals surface area contributed by atoms with Crippen LogP contribution in [-0.2, 0) is 24.1 Å². The molecule has 5 atom stereocenters. The van der Waals surface area contributed by atoms with Gasteiger partial charge in [-0.1, -0.05) is 38.1 Å². The Balaban J connectivity index is 1.88. The maximum Gasteiger partial charge on any atom is 0.239 e. The largest absolute Gasteiger partial charge is 0.443 e. The lowest BCUT2D eigenvalue weighted by Crippen LogP contribution is -2.60. The van der Waals surface area contributed by atoms with Crippen molar-refractivity contribution in [3.63, 3.8) is 0 Å². The number of ether oxygens (including phenoxy) is 2. The first-order valence-electron chi connectivity index (χ1n) is 10.5. The molecule has 0 aliphatic carbocycles. The maximum absolute atomic E-state index is 10.3. The molecular formula is C22H32N2O6. The molecule has 0 bridgehead atoms. The molecule has 1 fully saturated rings. The van der Waals surface area contributed by atoms with Gasteiger partial charge in [0.1, 0.15) is 24.4 Å². The van der Waals surface area contributed by atoms with Gasteiger partial charge in [0.25, 0.3) is 0 Å². The Morgan fingerprint density at radius 1 is 1.03 bits per heavy atom. The summed E-state index contributed by atoms with van der Waals surface area (Å²) in [6, 6.07) is 8.35. The highest BCUT2D eigenvalue weighted by Crippen LogP contribution is 2.29. The lowest BCUT2D eigenvalue weighted by Gasteiger charge is -2.39. The first kappa shape index (κ1) is 22.7. The average Bonchev–Trinajstić information content (AvgIpc) is 3.03. The van der Waals surface area contributed by atoms with Crippen molar-refractivity contribution in [1.82, 2.24) is 9.78 Å². The molecule has 0 spiro atoms. The van der Waals surface area contributed by atoms with Crippen molar-refractivity contribution in [2.45, 2.75) is 77.3 Å². The Bertz CT molecular complexity index is 820. The Kier molecular flexibility index (Phi) is 7.49. The van der Waals surface area contributed by atoms with Crippen molar-refractivity contribution >= 4 is 0 Å². The van der Waals surface area contributed by atoms with Crippen molar-refractivity contribution < 1.29 is 29.9 Å². The summed E-state index contributed by atoms with van der Waals surface area (Å²) in [6.45, 7) is 6.34. The summed E-state index contributed by atoms with van der Waals surface area (Å²) in [5, 5.41) is 44.3. The van der Waals surface area contributed by atoms with Crippen LogP contribution in [0.2, 0.25) is 0 Å². The van der Waals surface area contributed by atoms with Crippen LogP contribution in [0.3, 0.4) is 0 Å². The molecule has 0 radical (unpaired) electrons. The predicted octanol–water partition coefficient (Wildman–Crippen LogP) is 0.933. The highest BCUT2D eigenvalue weighted by atomic mass is 16.7. The normalized spacial score (nSPS) is 26.7. The Labute approximate surface area is 176 Å². The number of hydrogen-bond acceptors (Lipinski definition) is 7. The number of aliphatic hydroxyl groups excluding tert-OH is 4. The van der Waals surface area contributed by atoms with E-state index in [9.17, 15) is 20.4 Å². The van der Waals surface area contributed by atoms with Gasteiger partial charge in [-0.3, -0.25) is 4.68 Å². The van der Waals surface area contributed by atoms with Crippen LogP contribution in [-0.4, -0.2) is 67.5 Å². The molecule has 2 aromatic rings. The van der Waals surface area contributed by atoms with E-state index in [1.165, 1.54) is 5.56 Å².